The van der Waals surface area contributed by atoms with Gasteiger partial charge in [0.2, 0.25) is 5.13 Å². The highest BCUT2D eigenvalue weighted by Crippen LogP contribution is 2.22. The number of benzene rings is 2. The Morgan fingerprint density at radius 1 is 1.18 bits per heavy atom. The van der Waals surface area contributed by atoms with Crippen molar-refractivity contribution in [3.8, 4) is 5.75 Å². The van der Waals surface area contributed by atoms with E-state index in [0.717, 1.165) is 46.0 Å². The van der Waals surface area contributed by atoms with Crippen molar-refractivity contribution in [1.29, 1.82) is 0 Å². The number of nitrogens with zero attached hydrogens (tertiary/aromatic N) is 3. The van der Waals surface area contributed by atoms with E-state index in [4.69, 9.17) is 4.74 Å². The first-order valence-electron chi connectivity index (χ1n) is 8.84. The molecule has 0 spiro atoms. The number of hydrogen-bond acceptors (Lipinski definition) is 6. The smallest absolute Gasteiger partial charge is 0.257 e. The summed E-state index contributed by atoms with van der Waals surface area (Å²) in [6.07, 6.45) is 1.52. The van der Waals surface area contributed by atoms with Gasteiger partial charge in [0.15, 0.2) is 0 Å². The van der Waals surface area contributed by atoms with E-state index in [2.05, 4.69) is 25.5 Å². The summed E-state index contributed by atoms with van der Waals surface area (Å²) in [5.41, 5.74) is 3.33. The van der Waals surface area contributed by atoms with Crippen LogP contribution in [0.3, 0.4) is 0 Å². The molecule has 4 rings (SSSR count). The van der Waals surface area contributed by atoms with Crippen molar-refractivity contribution in [2.75, 3.05) is 12.4 Å². The molecule has 142 valence electrons. The minimum Gasteiger partial charge on any atom is -0.496 e. The summed E-state index contributed by atoms with van der Waals surface area (Å²) in [5, 5.41) is 12.4. The lowest BCUT2D eigenvalue weighted by Crippen LogP contribution is -2.11. The van der Waals surface area contributed by atoms with Crippen molar-refractivity contribution in [3.63, 3.8) is 0 Å². The maximum Gasteiger partial charge on any atom is 0.257 e. The Kier molecular flexibility index (Phi) is 5.03. The fourth-order valence-electron chi connectivity index (χ4n) is 3.00. The third-order valence-electron chi connectivity index (χ3n) is 4.35. The SMILES string of the molecule is COc1ccccc1CCc1nnc(NC(=O)c2ccc3nc(C)[nH]c3c2)s1. The number of rotatable bonds is 6. The number of carbonyl (C=O) groups is 1. The number of aromatic amines is 1. The number of imidazole rings is 1. The summed E-state index contributed by atoms with van der Waals surface area (Å²) in [6.45, 7) is 1.88. The van der Waals surface area contributed by atoms with Crippen LogP contribution < -0.4 is 10.1 Å². The van der Waals surface area contributed by atoms with Crippen LogP contribution in [0.4, 0.5) is 5.13 Å². The Morgan fingerprint density at radius 3 is 2.89 bits per heavy atom. The molecule has 0 bridgehead atoms. The minimum atomic E-state index is -0.221. The van der Waals surface area contributed by atoms with Crippen LogP contribution >= 0.6 is 11.3 Å². The normalized spacial score (nSPS) is 10.9. The van der Waals surface area contributed by atoms with Crippen LogP contribution in [0, 0.1) is 6.92 Å². The summed E-state index contributed by atoms with van der Waals surface area (Å²) < 4.78 is 5.38. The molecule has 2 heterocycles. The van der Waals surface area contributed by atoms with E-state index in [1.54, 1.807) is 19.2 Å². The summed E-state index contributed by atoms with van der Waals surface area (Å²) in [4.78, 5) is 20.0. The molecule has 8 heteroatoms. The number of hydrogen-bond donors (Lipinski definition) is 2. The molecule has 0 radical (unpaired) electrons. The van der Waals surface area contributed by atoms with Crippen LogP contribution in [0.5, 0.6) is 5.75 Å². The topological polar surface area (TPSA) is 92.8 Å². The van der Waals surface area contributed by atoms with Gasteiger partial charge in [0.05, 0.1) is 18.1 Å². The Morgan fingerprint density at radius 2 is 2.04 bits per heavy atom. The predicted octanol–water partition coefficient (Wildman–Crippen LogP) is 3.77. The molecule has 0 unspecified atom stereocenters. The third kappa shape index (κ3) is 3.86. The number of anilines is 1. The van der Waals surface area contributed by atoms with Crippen molar-refractivity contribution < 1.29 is 9.53 Å². The summed E-state index contributed by atoms with van der Waals surface area (Å²) >= 11 is 1.38. The number of aromatic nitrogens is 4. The van der Waals surface area contributed by atoms with E-state index >= 15 is 0 Å². The van der Waals surface area contributed by atoms with E-state index in [9.17, 15) is 4.79 Å². The zero-order chi connectivity index (χ0) is 19.5. The molecular formula is C20H19N5O2S. The van der Waals surface area contributed by atoms with Crippen LogP contribution in [0.1, 0.15) is 26.8 Å². The number of H-pyrrole nitrogens is 1. The molecule has 1 amide bonds. The Bertz CT molecular complexity index is 1130. The van der Waals surface area contributed by atoms with Crippen molar-refractivity contribution in [2.24, 2.45) is 0 Å². The van der Waals surface area contributed by atoms with Crippen LogP contribution in [-0.2, 0) is 12.8 Å². The largest absolute Gasteiger partial charge is 0.496 e. The molecule has 0 aliphatic carbocycles. The van der Waals surface area contributed by atoms with Crippen LogP contribution in [-0.4, -0.2) is 33.2 Å². The highest BCUT2D eigenvalue weighted by molar-refractivity contribution is 7.15. The maximum atomic E-state index is 12.5. The average molecular weight is 393 g/mol. The number of nitrogens with one attached hydrogen (secondary N) is 2. The van der Waals surface area contributed by atoms with Crippen LogP contribution in [0.15, 0.2) is 42.5 Å². The summed E-state index contributed by atoms with van der Waals surface area (Å²) in [7, 11) is 1.67. The van der Waals surface area contributed by atoms with Crippen molar-refractivity contribution in [2.45, 2.75) is 19.8 Å². The van der Waals surface area contributed by atoms with E-state index in [1.807, 2.05) is 37.3 Å². The van der Waals surface area contributed by atoms with Gasteiger partial charge < -0.3 is 9.72 Å². The van der Waals surface area contributed by atoms with Gasteiger partial charge in [0.1, 0.15) is 16.6 Å². The van der Waals surface area contributed by atoms with Gasteiger partial charge in [-0.05, 0) is 43.2 Å². The second kappa shape index (κ2) is 7.77. The predicted molar refractivity (Wildman–Crippen MR) is 109 cm³/mol. The highest BCUT2D eigenvalue weighted by Gasteiger charge is 2.12. The van der Waals surface area contributed by atoms with E-state index in [-0.39, 0.29) is 5.91 Å². The van der Waals surface area contributed by atoms with Crippen molar-refractivity contribution >= 4 is 33.4 Å². The second-order valence-electron chi connectivity index (χ2n) is 6.32. The number of ether oxygens (including phenoxy) is 1. The van der Waals surface area contributed by atoms with Gasteiger partial charge in [0.25, 0.3) is 5.91 Å². The van der Waals surface area contributed by atoms with E-state index in [0.29, 0.717) is 10.7 Å². The molecule has 2 aromatic carbocycles. The minimum absolute atomic E-state index is 0.221. The van der Waals surface area contributed by atoms with Gasteiger partial charge in [-0.1, -0.05) is 29.5 Å². The molecule has 0 fully saturated rings. The zero-order valence-electron chi connectivity index (χ0n) is 15.5. The van der Waals surface area contributed by atoms with E-state index < -0.39 is 0 Å². The van der Waals surface area contributed by atoms with Gasteiger partial charge in [-0.25, -0.2) is 4.98 Å². The Hall–Kier alpha value is -3.26. The molecule has 7 nitrogen and oxygen atoms in total. The second-order valence-corrected chi connectivity index (χ2v) is 7.38. The highest BCUT2D eigenvalue weighted by atomic mass is 32.1. The Labute approximate surface area is 165 Å². The molecule has 0 atom stereocenters. The fraction of sp³-hybridized carbons (Fsp3) is 0.200. The number of methoxy groups -OCH3 is 1. The molecule has 2 N–H and O–H groups in total. The third-order valence-corrected chi connectivity index (χ3v) is 5.25. The molecule has 0 saturated heterocycles. The molecule has 0 aliphatic heterocycles. The van der Waals surface area contributed by atoms with Crippen molar-refractivity contribution in [3.05, 3.63) is 64.4 Å². The number of amides is 1. The average Bonchev–Trinajstić information content (AvgIpc) is 3.30. The summed E-state index contributed by atoms with van der Waals surface area (Å²) in [6, 6.07) is 13.3. The van der Waals surface area contributed by atoms with Crippen LogP contribution in [0.25, 0.3) is 11.0 Å². The van der Waals surface area contributed by atoms with Gasteiger partial charge in [-0.15, -0.1) is 10.2 Å². The number of fused-ring (bicyclic) bond motifs is 1. The summed E-state index contributed by atoms with van der Waals surface area (Å²) in [5.74, 6) is 1.46. The van der Waals surface area contributed by atoms with Crippen LogP contribution in [0.2, 0.25) is 0 Å². The Balaban J connectivity index is 1.41. The standard InChI is InChI=1S/C20H19N5O2S/c1-12-21-15-9-7-14(11-16(15)22-12)19(26)23-20-25-24-18(28-20)10-8-13-5-3-4-6-17(13)27-2/h3-7,9,11H,8,10H2,1-2H3,(H,21,22)(H,23,25,26). The van der Waals surface area contributed by atoms with Gasteiger partial charge in [-0.3, -0.25) is 10.1 Å². The molecule has 4 aromatic rings. The maximum absolute atomic E-state index is 12.5. The fourth-order valence-corrected chi connectivity index (χ4v) is 3.74. The first-order chi connectivity index (χ1) is 13.6. The number of carbonyl (C=O) groups excluding carboxylic acids is 1. The molecule has 2 aromatic heterocycles. The van der Waals surface area contributed by atoms with E-state index in [1.165, 1.54) is 11.3 Å². The van der Waals surface area contributed by atoms with Crippen molar-refractivity contribution in [1.82, 2.24) is 20.2 Å². The van der Waals surface area contributed by atoms with Gasteiger partial charge in [0, 0.05) is 12.0 Å². The van der Waals surface area contributed by atoms with Gasteiger partial charge in [-0.2, -0.15) is 0 Å². The number of para-hydroxylation sites is 1. The number of aryl methyl sites for hydroxylation is 3. The van der Waals surface area contributed by atoms with Gasteiger partial charge >= 0.3 is 0 Å². The lowest BCUT2D eigenvalue weighted by molar-refractivity contribution is 0.102. The quantitative estimate of drug-likeness (QED) is 0.520. The lowest BCUT2D eigenvalue weighted by Gasteiger charge is -2.06. The lowest BCUT2D eigenvalue weighted by atomic mass is 10.1. The monoisotopic (exact) mass is 393 g/mol. The zero-order valence-corrected chi connectivity index (χ0v) is 16.3. The molecule has 28 heavy (non-hydrogen) atoms. The first kappa shape index (κ1) is 18.1. The molecular weight excluding hydrogens is 374 g/mol. The first-order valence-corrected chi connectivity index (χ1v) is 9.66. The molecule has 0 saturated carbocycles. The molecule has 0 aliphatic rings.